The second-order valence-corrected chi connectivity index (χ2v) is 14.7. The van der Waals surface area contributed by atoms with Gasteiger partial charge in [-0.05, 0) is 111 Å². The lowest BCUT2D eigenvalue weighted by atomic mass is 9.32. The van der Waals surface area contributed by atoms with Crippen LogP contribution in [0.4, 0.5) is 0 Å². The standard InChI is InChI=1S/C29H46O3/c1-24(2)20-10-13-27(5)21(25(20,3)12-11-22(24)30)8-7-18-23-19-9-14-29(23,16-15-26(18,27)4)32-17-28(19,6)31/h18-21,23,31H,7-17H2,1-6H3/t18-,19-,20+,21-,23-,25+,26-,27-,28-,29-/m1/s1. The maximum absolute atomic E-state index is 12.9. The molecule has 5 aliphatic carbocycles. The SMILES string of the molecule is CC1(C)C(=O)CC[C@]2(C)[C@H]3CC[C@@H]4[C@@H]5[C@H]6CC[C@]5(CC[C@@]4(C)[C@]3(C)CC[C@@H]12)OC[C@@]6(C)O. The van der Waals surface area contributed by atoms with Crippen LogP contribution in [0.1, 0.15) is 106 Å². The van der Waals surface area contributed by atoms with Crippen molar-refractivity contribution in [2.45, 2.75) is 117 Å². The molecule has 0 aromatic carbocycles. The number of ether oxygens (including phenoxy) is 1. The Morgan fingerprint density at radius 1 is 0.781 bits per heavy atom. The molecule has 1 N–H and O–H groups in total. The molecular formula is C29H46O3. The van der Waals surface area contributed by atoms with Crippen molar-refractivity contribution in [2.24, 2.45) is 51.2 Å². The quantitative estimate of drug-likeness (QED) is 0.488. The minimum atomic E-state index is -0.669. The number of fused-ring (bicyclic) bond motifs is 5. The monoisotopic (exact) mass is 442 g/mol. The van der Waals surface area contributed by atoms with Crippen LogP contribution in [0.5, 0.6) is 0 Å². The molecule has 5 saturated carbocycles. The summed E-state index contributed by atoms with van der Waals surface area (Å²) < 4.78 is 6.60. The van der Waals surface area contributed by atoms with E-state index in [2.05, 4.69) is 34.6 Å². The molecule has 6 aliphatic rings. The minimum Gasteiger partial charge on any atom is -0.387 e. The van der Waals surface area contributed by atoms with Gasteiger partial charge in [-0.25, -0.2) is 0 Å². The lowest BCUT2D eigenvalue weighted by Crippen LogP contribution is -2.69. The van der Waals surface area contributed by atoms with Crippen molar-refractivity contribution in [3.8, 4) is 0 Å². The van der Waals surface area contributed by atoms with Gasteiger partial charge < -0.3 is 9.84 Å². The van der Waals surface area contributed by atoms with Crippen molar-refractivity contribution in [1.29, 1.82) is 0 Å². The normalized spacial score (nSPS) is 60.7. The number of rotatable bonds is 0. The van der Waals surface area contributed by atoms with E-state index in [9.17, 15) is 9.90 Å². The van der Waals surface area contributed by atoms with E-state index < -0.39 is 5.60 Å². The molecule has 1 heterocycles. The Hall–Kier alpha value is -0.410. The third-order valence-corrected chi connectivity index (χ3v) is 13.6. The van der Waals surface area contributed by atoms with Crippen molar-refractivity contribution in [3.05, 3.63) is 0 Å². The lowest BCUT2D eigenvalue weighted by molar-refractivity contribution is -0.283. The Morgan fingerprint density at radius 2 is 1.53 bits per heavy atom. The van der Waals surface area contributed by atoms with Crippen LogP contribution in [0.25, 0.3) is 0 Å². The Kier molecular flexibility index (Phi) is 4.30. The summed E-state index contributed by atoms with van der Waals surface area (Å²) in [6.45, 7) is 14.9. The lowest BCUT2D eigenvalue weighted by Gasteiger charge is -2.73. The average molecular weight is 443 g/mol. The predicted molar refractivity (Wildman–Crippen MR) is 126 cm³/mol. The van der Waals surface area contributed by atoms with E-state index in [0.717, 1.165) is 25.7 Å². The van der Waals surface area contributed by atoms with Crippen LogP contribution >= 0.6 is 0 Å². The number of hydrogen-bond donors (Lipinski definition) is 1. The van der Waals surface area contributed by atoms with E-state index in [4.69, 9.17) is 4.74 Å². The molecule has 0 radical (unpaired) electrons. The van der Waals surface area contributed by atoms with Gasteiger partial charge in [0.05, 0.1) is 17.8 Å². The van der Waals surface area contributed by atoms with Gasteiger partial charge in [0.2, 0.25) is 0 Å². The Balaban J connectivity index is 1.40. The van der Waals surface area contributed by atoms with Gasteiger partial charge in [-0.2, -0.15) is 0 Å². The van der Waals surface area contributed by atoms with Crippen molar-refractivity contribution >= 4 is 5.78 Å². The highest BCUT2D eigenvalue weighted by Gasteiger charge is 2.73. The zero-order chi connectivity index (χ0) is 22.9. The summed E-state index contributed by atoms with van der Waals surface area (Å²) in [6, 6.07) is 0. The van der Waals surface area contributed by atoms with Gasteiger partial charge >= 0.3 is 0 Å². The highest BCUT2D eigenvalue weighted by atomic mass is 16.5. The first-order chi connectivity index (χ1) is 14.8. The highest BCUT2D eigenvalue weighted by Crippen LogP contribution is 2.77. The van der Waals surface area contributed by atoms with Crippen LogP contribution in [-0.2, 0) is 9.53 Å². The van der Waals surface area contributed by atoms with Gasteiger partial charge in [0.15, 0.2) is 0 Å². The molecule has 3 nitrogen and oxygen atoms in total. The maximum Gasteiger partial charge on any atom is 0.138 e. The number of carbonyl (C=O) groups excluding carboxylic acids is 1. The summed E-state index contributed by atoms with van der Waals surface area (Å²) in [7, 11) is 0. The Bertz CT molecular complexity index is 845. The molecule has 0 amide bonds. The summed E-state index contributed by atoms with van der Waals surface area (Å²) >= 11 is 0. The topological polar surface area (TPSA) is 46.5 Å². The summed E-state index contributed by atoms with van der Waals surface area (Å²) in [5, 5.41) is 11.3. The molecule has 6 fully saturated rings. The smallest absolute Gasteiger partial charge is 0.138 e. The minimum absolute atomic E-state index is 0.0423. The van der Waals surface area contributed by atoms with Gasteiger partial charge in [0.1, 0.15) is 5.78 Å². The van der Waals surface area contributed by atoms with Crippen LogP contribution in [0, 0.1) is 51.2 Å². The summed E-state index contributed by atoms with van der Waals surface area (Å²) in [6.07, 6.45) is 11.7. The molecule has 1 aliphatic heterocycles. The molecular weight excluding hydrogens is 396 g/mol. The molecule has 0 aromatic rings. The van der Waals surface area contributed by atoms with Crippen molar-refractivity contribution < 1.29 is 14.6 Å². The molecule has 3 heteroatoms. The molecule has 0 unspecified atom stereocenters. The first kappa shape index (κ1) is 22.1. The van der Waals surface area contributed by atoms with Gasteiger partial charge in [-0.1, -0.05) is 34.6 Å². The van der Waals surface area contributed by atoms with Gasteiger partial charge in [-0.3, -0.25) is 4.79 Å². The van der Waals surface area contributed by atoms with Crippen molar-refractivity contribution in [3.63, 3.8) is 0 Å². The molecule has 1 saturated heterocycles. The third-order valence-electron chi connectivity index (χ3n) is 13.6. The van der Waals surface area contributed by atoms with Crippen molar-refractivity contribution in [2.75, 3.05) is 6.61 Å². The maximum atomic E-state index is 12.9. The molecule has 10 atom stereocenters. The van der Waals surface area contributed by atoms with E-state index >= 15 is 0 Å². The predicted octanol–water partition coefficient (Wildman–Crippen LogP) is 6.17. The largest absolute Gasteiger partial charge is 0.387 e. The van der Waals surface area contributed by atoms with Crippen LogP contribution in [0.15, 0.2) is 0 Å². The summed E-state index contributed by atoms with van der Waals surface area (Å²) in [5.41, 5.74) is 0.114. The fourth-order valence-electron chi connectivity index (χ4n) is 11.7. The van der Waals surface area contributed by atoms with Crippen LogP contribution in [-0.4, -0.2) is 28.7 Å². The zero-order valence-corrected chi connectivity index (χ0v) is 21.4. The first-order valence-electron chi connectivity index (χ1n) is 13.7. The van der Waals surface area contributed by atoms with E-state index in [0.29, 0.717) is 52.8 Å². The number of ketones is 1. The van der Waals surface area contributed by atoms with Gasteiger partial charge in [-0.15, -0.1) is 0 Å². The molecule has 6 rings (SSSR count). The van der Waals surface area contributed by atoms with Gasteiger partial charge in [0.25, 0.3) is 0 Å². The second kappa shape index (κ2) is 6.23. The van der Waals surface area contributed by atoms with Crippen LogP contribution in [0.3, 0.4) is 0 Å². The van der Waals surface area contributed by atoms with E-state index in [1.54, 1.807) is 0 Å². The third kappa shape index (κ3) is 2.34. The molecule has 0 spiro atoms. The van der Waals surface area contributed by atoms with E-state index in [1.165, 1.54) is 38.5 Å². The molecule has 32 heavy (non-hydrogen) atoms. The number of hydrogen-bond acceptors (Lipinski definition) is 3. The van der Waals surface area contributed by atoms with Crippen molar-refractivity contribution in [1.82, 2.24) is 0 Å². The fourth-order valence-corrected chi connectivity index (χ4v) is 11.7. The fraction of sp³-hybridized carbons (Fsp3) is 0.966. The Labute approximate surface area is 195 Å². The van der Waals surface area contributed by atoms with Crippen LogP contribution in [0.2, 0.25) is 0 Å². The summed E-state index contributed by atoms with van der Waals surface area (Å²) in [5.74, 6) is 3.33. The molecule has 2 bridgehead atoms. The first-order valence-corrected chi connectivity index (χ1v) is 13.7. The zero-order valence-electron chi connectivity index (χ0n) is 21.4. The number of carbonyl (C=O) groups is 1. The summed E-state index contributed by atoms with van der Waals surface area (Å²) in [4.78, 5) is 12.9. The second-order valence-electron chi connectivity index (χ2n) is 14.7. The van der Waals surface area contributed by atoms with Crippen LogP contribution < -0.4 is 0 Å². The molecule has 0 aromatic heterocycles. The number of Topliss-reactive ketones (excluding diaryl/α,β-unsaturated/α-hetero) is 1. The highest BCUT2D eigenvalue weighted by molar-refractivity contribution is 5.85. The number of aliphatic hydroxyl groups is 1. The Morgan fingerprint density at radius 3 is 2.28 bits per heavy atom. The molecule has 180 valence electrons. The van der Waals surface area contributed by atoms with E-state index in [1.807, 2.05) is 6.92 Å². The van der Waals surface area contributed by atoms with E-state index in [-0.39, 0.29) is 16.4 Å². The average Bonchev–Trinajstić information content (AvgIpc) is 3.05. The van der Waals surface area contributed by atoms with Gasteiger partial charge in [0, 0.05) is 11.8 Å².